The molecule has 0 unspecified atom stereocenters. The van der Waals surface area contributed by atoms with E-state index in [0.29, 0.717) is 16.6 Å². The highest BCUT2D eigenvalue weighted by molar-refractivity contribution is 7.92. The Balaban J connectivity index is 1.43. The third kappa shape index (κ3) is 4.26. The van der Waals surface area contributed by atoms with E-state index in [-0.39, 0.29) is 28.6 Å². The van der Waals surface area contributed by atoms with E-state index < -0.39 is 15.8 Å². The Morgan fingerprint density at radius 3 is 2.57 bits per heavy atom. The van der Waals surface area contributed by atoms with Crippen LogP contribution in [0, 0.1) is 10.6 Å². The minimum absolute atomic E-state index is 0.0862. The Morgan fingerprint density at radius 2 is 1.90 bits per heavy atom. The maximum absolute atomic E-state index is 13.7. The number of amides is 1. The van der Waals surface area contributed by atoms with Crippen molar-refractivity contribution >= 4 is 33.8 Å². The Kier molecular flexibility index (Phi) is 5.39. The van der Waals surface area contributed by atoms with E-state index in [1.54, 1.807) is 0 Å². The highest BCUT2D eigenvalue weighted by Gasteiger charge is 2.27. The maximum atomic E-state index is 13.7. The number of aromatic amines is 1. The van der Waals surface area contributed by atoms with E-state index in [4.69, 9.17) is 12.2 Å². The number of anilines is 1. The molecule has 0 radical (unpaired) electrons. The van der Waals surface area contributed by atoms with Gasteiger partial charge >= 0.3 is 0 Å². The molecule has 1 heterocycles. The van der Waals surface area contributed by atoms with E-state index in [0.717, 1.165) is 18.9 Å². The number of carbonyl (C=O) groups is 1. The fourth-order valence-electron chi connectivity index (χ4n) is 2.97. The van der Waals surface area contributed by atoms with Gasteiger partial charge in [0.1, 0.15) is 5.82 Å². The molecule has 2 aromatic carbocycles. The lowest BCUT2D eigenvalue weighted by Gasteiger charge is -2.10. The predicted molar refractivity (Wildman–Crippen MR) is 111 cm³/mol. The Bertz CT molecular complexity index is 1250. The van der Waals surface area contributed by atoms with Crippen LogP contribution in [0.1, 0.15) is 35.1 Å². The van der Waals surface area contributed by atoms with E-state index in [2.05, 4.69) is 20.2 Å². The van der Waals surface area contributed by atoms with Crippen LogP contribution < -0.4 is 10.0 Å². The number of sulfonamides is 1. The van der Waals surface area contributed by atoms with Crippen LogP contribution in [0.5, 0.6) is 0 Å². The molecule has 11 heteroatoms. The van der Waals surface area contributed by atoms with Gasteiger partial charge in [-0.25, -0.2) is 12.8 Å². The first-order valence-corrected chi connectivity index (χ1v) is 11.1. The molecular formula is C19H18FN5O3S2. The first kappa shape index (κ1) is 20.2. The standard InChI is InChI=1S/C19H18FN5O3S2/c20-15-3-1-2-4-16(15)24-30(27,28)14-9-5-12(6-10-14)18(26)21-11-17-22-23-19(29)25(17)13-7-8-13/h1-6,9-10,13,24H,7-8,11H2,(H,21,26)(H,23,29). The molecule has 0 atom stereocenters. The van der Waals surface area contributed by atoms with Gasteiger partial charge in [0.15, 0.2) is 10.6 Å². The minimum atomic E-state index is -3.99. The molecule has 1 fully saturated rings. The fourth-order valence-corrected chi connectivity index (χ4v) is 4.33. The van der Waals surface area contributed by atoms with Crippen molar-refractivity contribution in [1.29, 1.82) is 0 Å². The van der Waals surface area contributed by atoms with E-state index in [9.17, 15) is 17.6 Å². The molecule has 0 spiro atoms. The Morgan fingerprint density at radius 1 is 1.20 bits per heavy atom. The first-order valence-electron chi connectivity index (χ1n) is 9.16. The molecule has 1 saturated carbocycles. The summed E-state index contributed by atoms with van der Waals surface area (Å²) < 4.78 is 43.2. The SMILES string of the molecule is O=C(NCc1n[nH]c(=S)n1C1CC1)c1ccc(S(=O)(=O)Nc2ccccc2F)cc1. The molecule has 30 heavy (non-hydrogen) atoms. The van der Waals surface area contributed by atoms with Gasteiger partial charge in [-0.05, 0) is 61.5 Å². The molecule has 8 nitrogen and oxygen atoms in total. The number of aromatic nitrogens is 3. The summed E-state index contributed by atoms with van der Waals surface area (Å²) in [7, 11) is -3.99. The fraction of sp³-hybridized carbons (Fsp3) is 0.211. The lowest BCUT2D eigenvalue weighted by molar-refractivity contribution is 0.0949. The number of hydrogen-bond donors (Lipinski definition) is 3. The van der Waals surface area contributed by atoms with Crippen molar-refractivity contribution in [3.05, 3.63) is 70.5 Å². The zero-order valence-electron chi connectivity index (χ0n) is 15.6. The number of benzene rings is 2. The summed E-state index contributed by atoms with van der Waals surface area (Å²) in [5.41, 5.74) is 0.135. The van der Waals surface area contributed by atoms with Gasteiger partial charge in [-0.2, -0.15) is 5.10 Å². The third-order valence-electron chi connectivity index (χ3n) is 4.64. The van der Waals surface area contributed by atoms with Crippen molar-refractivity contribution in [2.75, 3.05) is 4.72 Å². The average molecular weight is 448 g/mol. The number of hydrogen-bond acceptors (Lipinski definition) is 5. The largest absolute Gasteiger partial charge is 0.345 e. The predicted octanol–water partition coefficient (Wildman–Crippen LogP) is 3.15. The van der Waals surface area contributed by atoms with Crippen molar-refractivity contribution in [1.82, 2.24) is 20.1 Å². The zero-order valence-corrected chi connectivity index (χ0v) is 17.3. The second-order valence-corrected chi connectivity index (χ2v) is 8.91. The van der Waals surface area contributed by atoms with Gasteiger partial charge in [-0.1, -0.05) is 12.1 Å². The number of nitrogens with one attached hydrogen (secondary N) is 3. The smallest absolute Gasteiger partial charge is 0.261 e. The van der Waals surface area contributed by atoms with Crippen LogP contribution in [0.2, 0.25) is 0 Å². The molecule has 156 valence electrons. The van der Waals surface area contributed by atoms with Crippen molar-refractivity contribution < 1.29 is 17.6 Å². The summed E-state index contributed by atoms with van der Waals surface area (Å²) in [5.74, 6) is -0.414. The van der Waals surface area contributed by atoms with E-state index in [1.807, 2.05) is 4.57 Å². The molecule has 1 aromatic heterocycles. The van der Waals surface area contributed by atoms with Crippen LogP contribution in [0.25, 0.3) is 0 Å². The summed E-state index contributed by atoms with van der Waals surface area (Å²) in [6.07, 6.45) is 2.07. The van der Waals surface area contributed by atoms with Crippen molar-refractivity contribution in [3.63, 3.8) is 0 Å². The Hall–Kier alpha value is -3.05. The van der Waals surface area contributed by atoms with Crippen LogP contribution in [0.4, 0.5) is 10.1 Å². The van der Waals surface area contributed by atoms with Gasteiger partial charge in [0, 0.05) is 11.6 Å². The summed E-state index contributed by atoms with van der Waals surface area (Å²) in [6.45, 7) is 0.192. The molecule has 1 amide bonds. The van der Waals surface area contributed by atoms with Crippen molar-refractivity contribution in [2.24, 2.45) is 0 Å². The average Bonchev–Trinajstić information content (AvgIpc) is 3.50. The molecule has 0 saturated heterocycles. The second-order valence-electron chi connectivity index (χ2n) is 6.84. The number of carbonyl (C=O) groups excluding carboxylic acids is 1. The molecule has 1 aliphatic carbocycles. The molecule has 0 bridgehead atoms. The summed E-state index contributed by atoms with van der Waals surface area (Å²) >= 11 is 5.21. The molecule has 4 rings (SSSR count). The summed E-state index contributed by atoms with van der Waals surface area (Å²) in [6, 6.07) is 11.2. The molecule has 3 aromatic rings. The number of rotatable bonds is 7. The molecular weight excluding hydrogens is 429 g/mol. The van der Waals surface area contributed by atoms with Crippen molar-refractivity contribution in [3.8, 4) is 0 Å². The molecule has 1 aliphatic rings. The van der Waals surface area contributed by atoms with Gasteiger partial charge in [0.2, 0.25) is 0 Å². The van der Waals surface area contributed by atoms with E-state index in [1.165, 1.54) is 42.5 Å². The number of para-hydroxylation sites is 1. The van der Waals surface area contributed by atoms with Crippen molar-refractivity contribution in [2.45, 2.75) is 30.3 Å². The Labute approximate surface area is 177 Å². The normalized spacial score (nSPS) is 13.8. The van der Waals surface area contributed by atoms with E-state index >= 15 is 0 Å². The van der Waals surface area contributed by atoms with Gasteiger partial charge in [0.25, 0.3) is 15.9 Å². The lowest BCUT2D eigenvalue weighted by atomic mass is 10.2. The maximum Gasteiger partial charge on any atom is 0.261 e. The van der Waals surface area contributed by atoms with Crippen LogP contribution in [0.15, 0.2) is 53.4 Å². The second kappa shape index (κ2) is 8.00. The number of H-pyrrole nitrogens is 1. The minimum Gasteiger partial charge on any atom is -0.345 e. The van der Waals surface area contributed by atoms with Crippen LogP contribution >= 0.6 is 12.2 Å². The monoisotopic (exact) mass is 447 g/mol. The van der Waals surface area contributed by atoms with Crippen LogP contribution in [-0.2, 0) is 16.6 Å². The quantitative estimate of drug-likeness (QED) is 0.482. The summed E-state index contributed by atoms with van der Waals surface area (Å²) in [5, 5.41) is 9.64. The molecule has 3 N–H and O–H groups in total. The topological polar surface area (TPSA) is 109 Å². The number of nitrogens with zero attached hydrogens (tertiary/aromatic N) is 2. The van der Waals surface area contributed by atoms with Gasteiger partial charge in [-0.3, -0.25) is 19.2 Å². The lowest BCUT2D eigenvalue weighted by Crippen LogP contribution is -2.25. The van der Waals surface area contributed by atoms with Gasteiger partial charge in [-0.15, -0.1) is 0 Å². The highest BCUT2D eigenvalue weighted by Crippen LogP contribution is 2.35. The number of halogens is 1. The van der Waals surface area contributed by atoms with Crippen LogP contribution in [-0.4, -0.2) is 29.1 Å². The third-order valence-corrected chi connectivity index (χ3v) is 6.31. The highest BCUT2D eigenvalue weighted by atomic mass is 32.2. The summed E-state index contributed by atoms with van der Waals surface area (Å²) in [4.78, 5) is 12.3. The van der Waals surface area contributed by atoms with Gasteiger partial charge < -0.3 is 5.32 Å². The molecule has 0 aliphatic heterocycles. The first-order chi connectivity index (χ1) is 14.3. The van der Waals surface area contributed by atoms with Crippen LogP contribution in [0.3, 0.4) is 0 Å². The zero-order chi connectivity index (χ0) is 21.3. The van der Waals surface area contributed by atoms with Gasteiger partial charge in [0.05, 0.1) is 17.1 Å².